The minimum absolute atomic E-state index is 0.0483. The van der Waals surface area contributed by atoms with Crippen molar-refractivity contribution in [2.24, 2.45) is 9.98 Å². The molecule has 4 heterocycles. The fourth-order valence-corrected chi connectivity index (χ4v) is 3.10. The summed E-state index contributed by atoms with van der Waals surface area (Å²) in [7, 11) is 0. The minimum atomic E-state index is -0.498. The second-order valence-electron chi connectivity index (χ2n) is 5.74. The monoisotopic (exact) mass is 391 g/mol. The Morgan fingerprint density at radius 3 is 2.82 bits per heavy atom. The lowest BCUT2D eigenvalue weighted by Gasteiger charge is -2.12. The summed E-state index contributed by atoms with van der Waals surface area (Å²) < 4.78 is 1.32. The predicted molar refractivity (Wildman–Crippen MR) is 106 cm³/mol. The summed E-state index contributed by atoms with van der Waals surface area (Å²) in [5, 5.41) is 9.12. The predicted octanol–water partition coefficient (Wildman–Crippen LogP) is 2.42. The largest absolute Gasteiger partial charge is 0.305 e. The normalized spacial score (nSPS) is 13.9. The first-order valence-corrected chi connectivity index (χ1v) is 9.00. The van der Waals surface area contributed by atoms with E-state index in [1.165, 1.54) is 34.6 Å². The van der Waals surface area contributed by atoms with E-state index in [0.29, 0.717) is 17.2 Å². The molecule has 28 heavy (non-hydrogen) atoms. The van der Waals surface area contributed by atoms with Gasteiger partial charge in [-0.25, -0.2) is 9.98 Å². The number of nitrogens with one attached hydrogen (secondary N) is 1. The number of rotatable bonds is 3. The van der Waals surface area contributed by atoms with Gasteiger partial charge < -0.3 is 5.32 Å². The number of carbonyl (C=O) groups excluding carboxylic acids is 2. The molecule has 4 rings (SSSR count). The van der Waals surface area contributed by atoms with Gasteiger partial charge >= 0.3 is 0 Å². The Kier molecular flexibility index (Phi) is 4.45. The Morgan fingerprint density at radius 2 is 2.14 bits per heavy atom. The van der Waals surface area contributed by atoms with E-state index in [4.69, 9.17) is 0 Å². The number of anilines is 1. The van der Waals surface area contributed by atoms with Gasteiger partial charge in [-0.15, -0.1) is 11.3 Å². The van der Waals surface area contributed by atoms with Gasteiger partial charge in [-0.2, -0.15) is 14.8 Å². The molecular formula is C18H13N7O2S. The van der Waals surface area contributed by atoms with Crippen molar-refractivity contribution in [2.75, 3.05) is 5.32 Å². The van der Waals surface area contributed by atoms with Crippen LogP contribution in [0.3, 0.4) is 0 Å². The van der Waals surface area contributed by atoms with Crippen LogP contribution in [-0.2, 0) is 4.79 Å². The third-order valence-corrected chi connectivity index (χ3v) is 4.77. The van der Waals surface area contributed by atoms with Crippen molar-refractivity contribution >= 4 is 40.6 Å². The Labute approximate surface area is 163 Å². The van der Waals surface area contributed by atoms with E-state index in [-0.39, 0.29) is 17.2 Å². The van der Waals surface area contributed by atoms with E-state index >= 15 is 0 Å². The molecule has 1 aliphatic heterocycles. The number of thiophene rings is 1. The second kappa shape index (κ2) is 7.08. The molecule has 0 spiro atoms. The molecule has 0 aliphatic carbocycles. The smallest absolute Gasteiger partial charge is 0.281 e. The molecule has 3 aromatic rings. The van der Waals surface area contributed by atoms with Crippen molar-refractivity contribution in [3.63, 3.8) is 0 Å². The average molecular weight is 391 g/mol. The SMILES string of the molecule is C=C1C(=O)N=C(n2nc(-c3cccs3)cc2NC(=O)c2cnccn2)N=C1C. The van der Waals surface area contributed by atoms with Crippen LogP contribution in [0.25, 0.3) is 10.6 Å². The van der Waals surface area contributed by atoms with Crippen LogP contribution in [0.1, 0.15) is 17.4 Å². The molecule has 0 atom stereocenters. The van der Waals surface area contributed by atoms with Crippen molar-refractivity contribution in [1.82, 2.24) is 19.7 Å². The van der Waals surface area contributed by atoms with E-state index < -0.39 is 11.8 Å². The van der Waals surface area contributed by atoms with Gasteiger partial charge in [0.1, 0.15) is 17.2 Å². The zero-order valence-electron chi connectivity index (χ0n) is 14.7. The maximum Gasteiger partial charge on any atom is 0.281 e. The van der Waals surface area contributed by atoms with E-state index in [0.717, 1.165) is 4.88 Å². The Bertz CT molecular complexity index is 1140. The molecule has 3 aromatic heterocycles. The minimum Gasteiger partial charge on any atom is -0.305 e. The molecule has 138 valence electrons. The molecule has 0 radical (unpaired) electrons. The molecule has 9 nitrogen and oxygen atoms in total. The third kappa shape index (κ3) is 3.28. The van der Waals surface area contributed by atoms with Crippen molar-refractivity contribution in [3.8, 4) is 10.6 Å². The standard InChI is InChI=1S/C18H13N7O2S/c1-10-11(2)21-18(23-16(10)26)25-15(8-12(24-25)14-4-3-7-28-14)22-17(27)13-9-19-5-6-20-13/h3-9H,1H2,2H3,(H,22,27). The van der Waals surface area contributed by atoms with E-state index in [1.807, 2.05) is 17.5 Å². The number of aromatic nitrogens is 4. The Balaban J connectivity index is 1.77. The molecule has 1 N–H and O–H groups in total. The van der Waals surface area contributed by atoms with E-state index in [9.17, 15) is 9.59 Å². The lowest BCUT2D eigenvalue weighted by molar-refractivity contribution is -0.113. The number of hydrogen-bond acceptors (Lipinski definition) is 7. The van der Waals surface area contributed by atoms with Crippen LogP contribution in [0.2, 0.25) is 0 Å². The van der Waals surface area contributed by atoms with Gasteiger partial charge in [-0.3, -0.25) is 14.6 Å². The van der Waals surface area contributed by atoms with Crippen LogP contribution in [0.5, 0.6) is 0 Å². The number of aliphatic imine (C=N–C) groups is 2. The number of amides is 2. The Morgan fingerprint density at radius 1 is 1.29 bits per heavy atom. The van der Waals surface area contributed by atoms with Crippen molar-refractivity contribution in [3.05, 3.63) is 60.0 Å². The third-order valence-electron chi connectivity index (χ3n) is 3.87. The topological polar surface area (TPSA) is 114 Å². The first kappa shape index (κ1) is 17.6. The highest BCUT2D eigenvalue weighted by atomic mass is 32.1. The van der Waals surface area contributed by atoms with Gasteiger partial charge in [0.2, 0.25) is 0 Å². The van der Waals surface area contributed by atoms with E-state index in [2.05, 4.69) is 36.9 Å². The van der Waals surface area contributed by atoms with E-state index in [1.54, 1.807) is 13.0 Å². The highest BCUT2D eigenvalue weighted by Gasteiger charge is 2.23. The molecule has 0 saturated carbocycles. The lowest BCUT2D eigenvalue weighted by atomic mass is 10.2. The van der Waals surface area contributed by atoms with Crippen LogP contribution < -0.4 is 5.32 Å². The van der Waals surface area contributed by atoms with Gasteiger partial charge in [-0.05, 0) is 18.4 Å². The van der Waals surface area contributed by atoms with Gasteiger partial charge in [0.15, 0.2) is 0 Å². The Hall–Kier alpha value is -3.79. The maximum absolute atomic E-state index is 12.5. The van der Waals surface area contributed by atoms with Crippen molar-refractivity contribution in [1.29, 1.82) is 0 Å². The fourth-order valence-electron chi connectivity index (χ4n) is 2.41. The summed E-state index contributed by atoms with van der Waals surface area (Å²) in [6, 6.07) is 5.47. The lowest BCUT2D eigenvalue weighted by Crippen LogP contribution is -2.25. The number of carbonyl (C=O) groups is 2. The van der Waals surface area contributed by atoms with Crippen LogP contribution >= 0.6 is 11.3 Å². The molecule has 0 aromatic carbocycles. The highest BCUT2D eigenvalue weighted by Crippen LogP contribution is 2.27. The van der Waals surface area contributed by atoms with Gasteiger partial charge in [-0.1, -0.05) is 12.6 Å². The summed E-state index contributed by atoms with van der Waals surface area (Å²) in [5.41, 5.74) is 1.41. The van der Waals surface area contributed by atoms with Crippen molar-refractivity contribution < 1.29 is 9.59 Å². The summed E-state index contributed by atoms with van der Waals surface area (Å²) in [6.07, 6.45) is 4.25. The first-order chi connectivity index (χ1) is 13.5. The van der Waals surface area contributed by atoms with Gasteiger partial charge in [0, 0.05) is 18.5 Å². The van der Waals surface area contributed by atoms with Crippen LogP contribution in [0.15, 0.2) is 64.3 Å². The molecule has 0 fully saturated rings. The maximum atomic E-state index is 12.5. The number of nitrogens with zero attached hydrogens (tertiary/aromatic N) is 6. The van der Waals surface area contributed by atoms with Crippen LogP contribution in [0.4, 0.5) is 5.82 Å². The summed E-state index contributed by atoms with van der Waals surface area (Å²) in [6.45, 7) is 5.32. The number of hydrogen-bond donors (Lipinski definition) is 1. The quantitative estimate of drug-likeness (QED) is 0.689. The van der Waals surface area contributed by atoms with Crippen molar-refractivity contribution in [2.45, 2.75) is 6.92 Å². The summed E-state index contributed by atoms with van der Waals surface area (Å²) in [4.78, 5) is 41.6. The van der Waals surface area contributed by atoms with Gasteiger partial charge in [0.05, 0.1) is 22.4 Å². The van der Waals surface area contributed by atoms with Crippen LogP contribution in [-0.4, -0.2) is 43.2 Å². The zero-order chi connectivity index (χ0) is 19.7. The summed E-state index contributed by atoms with van der Waals surface area (Å²) in [5.74, 6) is -0.622. The van der Waals surface area contributed by atoms with Crippen LogP contribution in [0, 0.1) is 0 Å². The molecule has 0 saturated heterocycles. The second-order valence-corrected chi connectivity index (χ2v) is 6.69. The van der Waals surface area contributed by atoms with Gasteiger partial charge in [0.25, 0.3) is 17.8 Å². The molecule has 0 unspecified atom stereocenters. The summed E-state index contributed by atoms with van der Waals surface area (Å²) >= 11 is 1.49. The highest BCUT2D eigenvalue weighted by molar-refractivity contribution is 7.13. The molecule has 0 bridgehead atoms. The average Bonchev–Trinajstić information content (AvgIpc) is 3.36. The zero-order valence-corrected chi connectivity index (χ0v) is 15.5. The molecule has 10 heteroatoms. The first-order valence-electron chi connectivity index (χ1n) is 8.12. The molecular weight excluding hydrogens is 378 g/mol. The molecule has 2 amide bonds. The molecule has 1 aliphatic rings. The fraction of sp³-hybridized carbons (Fsp3) is 0.0556.